The molecule has 4 nitrogen and oxygen atoms in total. The van der Waals surface area contributed by atoms with E-state index < -0.39 is 5.97 Å². The third-order valence-corrected chi connectivity index (χ3v) is 4.01. The highest BCUT2D eigenvalue weighted by Crippen LogP contribution is 2.33. The molecule has 25 heavy (non-hydrogen) atoms. The Hall–Kier alpha value is -2.80. The molecule has 2 rings (SSSR count). The number of esters is 1. The van der Waals surface area contributed by atoms with Crippen LogP contribution in [0.3, 0.4) is 0 Å². The third kappa shape index (κ3) is 4.84. The van der Waals surface area contributed by atoms with Crippen molar-refractivity contribution < 1.29 is 9.53 Å². The van der Waals surface area contributed by atoms with E-state index in [1.54, 1.807) is 13.0 Å². The van der Waals surface area contributed by atoms with Crippen LogP contribution in [0.15, 0.2) is 54.3 Å². The zero-order valence-electron chi connectivity index (χ0n) is 14.9. The van der Waals surface area contributed by atoms with Crippen LogP contribution in [0.1, 0.15) is 38.7 Å². The summed E-state index contributed by atoms with van der Waals surface area (Å²) in [5.74, 6) is -0.587. The van der Waals surface area contributed by atoms with Gasteiger partial charge in [0.15, 0.2) is 0 Å². The average Bonchev–Trinajstić information content (AvgIpc) is 2.64. The van der Waals surface area contributed by atoms with Crippen LogP contribution in [-0.2, 0) is 9.53 Å². The smallest absolute Gasteiger partial charge is 0.348 e. The molecule has 0 amide bonds. The highest BCUT2D eigenvalue weighted by molar-refractivity contribution is 5.94. The second kappa shape index (κ2) is 9.48. The van der Waals surface area contributed by atoms with Crippen LogP contribution in [0.2, 0.25) is 0 Å². The van der Waals surface area contributed by atoms with Gasteiger partial charge in [0.1, 0.15) is 11.6 Å². The van der Waals surface area contributed by atoms with Crippen molar-refractivity contribution in [1.82, 2.24) is 0 Å². The molecule has 4 heteroatoms. The summed E-state index contributed by atoms with van der Waals surface area (Å²) in [6.45, 7) is 5.16. The minimum atomic E-state index is -0.587. The predicted molar refractivity (Wildman–Crippen MR) is 101 cm³/mol. The molecule has 0 fully saturated rings. The molecule has 1 heterocycles. The highest BCUT2D eigenvalue weighted by Gasteiger charge is 2.15. The Morgan fingerprint density at radius 2 is 2.08 bits per heavy atom. The second-order valence-electron chi connectivity index (χ2n) is 5.77. The van der Waals surface area contributed by atoms with E-state index in [1.165, 1.54) is 18.9 Å². The summed E-state index contributed by atoms with van der Waals surface area (Å²) in [4.78, 5) is 14.0. The fourth-order valence-corrected chi connectivity index (χ4v) is 2.71. The first kappa shape index (κ1) is 18.5. The normalized spacial score (nSPS) is 15.0. The van der Waals surface area contributed by atoms with E-state index in [0.717, 1.165) is 29.8 Å². The summed E-state index contributed by atoms with van der Waals surface area (Å²) in [6, 6.07) is 10.1. The van der Waals surface area contributed by atoms with E-state index in [1.807, 2.05) is 24.3 Å². The summed E-state index contributed by atoms with van der Waals surface area (Å²) in [5, 5.41) is 9.14. The number of allylic oxidation sites excluding steroid dienone is 4. The molecule has 0 radical (unpaired) electrons. The van der Waals surface area contributed by atoms with Crippen LogP contribution in [0, 0.1) is 11.3 Å². The van der Waals surface area contributed by atoms with Gasteiger partial charge in [-0.15, -0.1) is 0 Å². The van der Waals surface area contributed by atoms with Gasteiger partial charge < -0.3 is 9.64 Å². The molecule has 1 aromatic carbocycles. The molecule has 0 spiro atoms. The number of nitriles is 1. The molecule has 1 aromatic rings. The third-order valence-electron chi connectivity index (χ3n) is 4.01. The summed E-state index contributed by atoms with van der Waals surface area (Å²) in [7, 11) is 0. The zero-order valence-corrected chi connectivity index (χ0v) is 14.9. The quantitative estimate of drug-likeness (QED) is 0.316. The van der Waals surface area contributed by atoms with Crippen molar-refractivity contribution in [3.8, 4) is 6.07 Å². The van der Waals surface area contributed by atoms with Crippen molar-refractivity contribution in [3.63, 3.8) is 0 Å². The largest absolute Gasteiger partial charge is 0.462 e. The molecule has 0 saturated carbocycles. The lowest BCUT2D eigenvalue weighted by atomic mass is 9.99. The zero-order chi connectivity index (χ0) is 18.1. The van der Waals surface area contributed by atoms with Gasteiger partial charge in [0, 0.05) is 24.0 Å². The van der Waals surface area contributed by atoms with Crippen molar-refractivity contribution in [2.24, 2.45) is 0 Å². The van der Waals surface area contributed by atoms with E-state index in [2.05, 4.69) is 30.2 Å². The van der Waals surface area contributed by atoms with E-state index in [0.29, 0.717) is 0 Å². The number of carbonyl (C=O) groups excluding carboxylic acids is 1. The number of ether oxygens (including phenoxy) is 1. The van der Waals surface area contributed by atoms with Crippen LogP contribution >= 0.6 is 0 Å². The minimum Gasteiger partial charge on any atom is -0.462 e. The van der Waals surface area contributed by atoms with Gasteiger partial charge >= 0.3 is 5.97 Å². The molecule has 1 aliphatic rings. The van der Waals surface area contributed by atoms with Crippen molar-refractivity contribution in [2.75, 3.05) is 18.1 Å². The average molecular weight is 336 g/mol. The van der Waals surface area contributed by atoms with Crippen molar-refractivity contribution in [1.29, 1.82) is 5.26 Å². The molecule has 0 aromatic heterocycles. The number of hydrogen-bond acceptors (Lipinski definition) is 4. The standard InChI is InChI=1S/C21H24N2O2/c1-3-5-8-14-23-15-13-17(19-9-6-7-10-20(19)23)11-12-18(16-22)21(24)25-4-2/h6-7,9-13,15H,3-5,8,14H2,1-2H3. The van der Waals surface area contributed by atoms with Gasteiger partial charge in [-0.1, -0.05) is 44.0 Å². The number of nitrogens with zero attached hydrogens (tertiary/aromatic N) is 2. The Kier molecular flexibility index (Phi) is 7.03. The van der Waals surface area contributed by atoms with Gasteiger partial charge in [-0.05, 0) is 37.1 Å². The first-order chi connectivity index (χ1) is 12.2. The monoisotopic (exact) mass is 336 g/mol. The number of unbranched alkanes of at least 4 members (excludes halogenated alkanes) is 2. The molecule has 1 aliphatic heterocycles. The molecular formula is C21H24N2O2. The van der Waals surface area contributed by atoms with Gasteiger partial charge in [-0.3, -0.25) is 0 Å². The number of anilines is 1. The van der Waals surface area contributed by atoms with E-state index in [-0.39, 0.29) is 12.2 Å². The molecule has 0 atom stereocenters. The molecule has 130 valence electrons. The Morgan fingerprint density at radius 3 is 2.80 bits per heavy atom. The van der Waals surface area contributed by atoms with Gasteiger partial charge in [-0.2, -0.15) is 5.26 Å². The second-order valence-corrected chi connectivity index (χ2v) is 5.77. The van der Waals surface area contributed by atoms with Gasteiger partial charge in [0.2, 0.25) is 0 Å². The number of para-hydroxylation sites is 1. The molecule has 0 aliphatic carbocycles. The fourth-order valence-electron chi connectivity index (χ4n) is 2.71. The van der Waals surface area contributed by atoms with Crippen molar-refractivity contribution in [3.05, 3.63) is 59.8 Å². The van der Waals surface area contributed by atoms with Gasteiger partial charge in [0.25, 0.3) is 0 Å². The number of rotatable bonds is 7. The summed E-state index contributed by atoms with van der Waals surface area (Å²) < 4.78 is 4.89. The Bertz CT molecular complexity index is 739. The topological polar surface area (TPSA) is 53.3 Å². The van der Waals surface area contributed by atoms with Crippen LogP contribution in [-0.4, -0.2) is 19.1 Å². The van der Waals surface area contributed by atoms with Crippen LogP contribution < -0.4 is 4.90 Å². The van der Waals surface area contributed by atoms with Gasteiger partial charge in [-0.25, -0.2) is 4.79 Å². The predicted octanol–water partition coefficient (Wildman–Crippen LogP) is 4.61. The fraction of sp³-hybridized carbons (Fsp3) is 0.333. The van der Waals surface area contributed by atoms with Crippen LogP contribution in [0.4, 0.5) is 5.69 Å². The van der Waals surface area contributed by atoms with E-state index >= 15 is 0 Å². The first-order valence-corrected chi connectivity index (χ1v) is 8.74. The Labute approximate surface area is 149 Å². The van der Waals surface area contributed by atoms with Crippen LogP contribution in [0.25, 0.3) is 5.57 Å². The lowest BCUT2D eigenvalue weighted by Gasteiger charge is -2.27. The van der Waals surface area contributed by atoms with E-state index in [4.69, 9.17) is 10.00 Å². The lowest BCUT2D eigenvalue weighted by molar-refractivity contribution is -0.138. The SMILES string of the molecule is CCCCCN1C=CC(=CC=C(C#N)C(=O)OCC)c2ccccc21. The summed E-state index contributed by atoms with van der Waals surface area (Å²) in [6.07, 6.45) is 11.0. The lowest BCUT2D eigenvalue weighted by Crippen LogP contribution is -2.21. The minimum absolute atomic E-state index is 0.00519. The first-order valence-electron chi connectivity index (χ1n) is 8.74. The summed E-state index contributed by atoms with van der Waals surface area (Å²) in [5.41, 5.74) is 3.22. The maximum absolute atomic E-state index is 11.7. The molecule has 0 N–H and O–H groups in total. The molecule has 0 saturated heterocycles. The molecule has 0 unspecified atom stereocenters. The van der Waals surface area contributed by atoms with Crippen molar-refractivity contribution in [2.45, 2.75) is 33.1 Å². The maximum atomic E-state index is 11.7. The molecule has 0 bridgehead atoms. The van der Waals surface area contributed by atoms with Crippen LogP contribution in [0.5, 0.6) is 0 Å². The summed E-state index contributed by atoms with van der Waals surface area (Å²) >= 11 is 0. The number of benzene rings is 1. The number of hydrogen-bond donors (Lipinski definition) is 0. The number of carbonyl (C=O) groups is 1. The highest BCUT2D eigenvalue weighted by atomic mass is 16.5. The van der Waals surface area contributed by atoms with Crippen molar-refractivity contribution >= 4 is 17.2 Å². The Morgan fingerprint density at radius 1 is 1.28 bits per heavy atom. The van der Waals surface area contributed by atoms with Gasteiger partial charge in [0.05, 0.1) is 6.61 Å². The number of fused-ring (bicyclic) bond motifs is 1. The molecular weight excluding hydrogens is 312 g/mol. The maximum Gasteiger partial charge on any atom is 0.348 e. The van der Waals surface area contributed by atoms with E-state index in [9.17, 15) is 4.79 Å². The Balaban J connectivity index is 2.27.